The van der Waals surface area contributed by atoms with Crippen LogP contribution in [0.15, 0.2) is 41.5 Å². The van der Waals surface area contributed by atoms with E-state index in [9.17, 15) is 0 Å². The van der Waals surface area contributed by atoms with Crippen molar-refractivity contribution >= 4 is 18.8 Å². The first-order valence-electron chi connectivity index (χ1n) is 5.73. The molecule has 0 aromatic heterocycles. The fourth-order valence-electron chi connectivity index (χ4n) is 2.35. The lowest BCUT2D eigenvalue weighted by molar-refractivity contribution is 1.26. The smallest absolute Gasteiger partial charge is 0.00579 e. The fraction of sp³-hybridized carbons (Fsp3) is 0.333. The van der Waals surface area contributed by atoms with Crippen LogP contribution < -0.4 is 5.30 Å². The molecular weight excluding hydrogens is 211 g/mol. The van der Waals surface area contributed by atoms with Crippen LogP contribution >= 0.6 is 7.92 Å². The molecule has 0 spiro atoms. The Morgan fingerprint density at radius 2 is 1.75 bits per heavy atom. The van der Waals surface area contributed by atoms with Gasteiger partial charge in [-0.2, -0.15) is 0 Å². The summed E-state index contributed by atoms with van der Waals surface area (Å²) in [5.74, 6) is 0. The molecule has 2 rings (SSSR count). The van der Waals surface area contributed by atoms with Gasteiger partial charge in [-0.15, -0.1) is 0 Å². The maximum atomic E-state index is 2.33. The fourth-order valence-corrected chi connectivity index (χ4v) is 3.43. The van der Waals surface area contributed by atoms with Crippen LogP contribution in [0, 0.1) is 0 Å². The van der Waals surface area contributed by atoms with Crippen molar-refractivity contribution in [2.24, 2.45) is 0 Å². The van der Waals surface area contributed by atoms with E-state index < -0.39 is 0 Å². The highest BCUT2D eigenvalue weighted by molar-refractivity contribution is 7.64. The quantitative estimate of drug-likeness (QED) is 0.669. The maximum Gasteiger partial charge on any atom is -0.00579 e. The molecule has 84 valence electrons. The Hall–Kier alpha value is -0.870. The van der Waals surface area contributed by atoms with Crippen molar-refractivity contribution in [2.45, 2.75) is 20.3 Å². The zero-order valence-corrected chi connectivity index (χ0v) is 11.4. The van der Waals surface area contributed by atoms with E-state index in [1.54, 1.807) is 0 Å². The first kappa shape index (κ1) is 11.6. The number of allylic oxidation sites excluding steroid dienone is 4. The van der Waals surface area contributed by atoms with E-state index in [1.165, 1.54) is 27.6 Å². The van der Waals surface area contributed by atoms with Gasteiger partial charge in [0.25, 0.3) is 0 Å². The number of hydrogen-bond donors (Lipinski definition) is 0. The van der Waals surface area contributed by atoms with Gasteiger partial charge in [0.05, 0.1) is 0 Å². The molecule has 1 heteroatoms. The Kier molecular flexibility index (Phi) is 3.30. The number of benzene rings is 1. The van der Waals surface area contributed by atoms with Gasteiger partial charge in [0, 0.05) is 0 Å². The van der Waals surface area contributed by atoms with Gasteiger partial charge in [0.15, 0.2) is 0 Å². The van der Waals surface area contributed by atoms with Crippen LogP contribution in [-0.2, 0) is 0 Å². The Morgan fingerprint density at radius 3 is 2.31 bits per heavy atom. The summed E-state index contributed by atoms with van der Waals surface area (Å²) in [6, 6.07) is 8.88. The molecule has 1 aliphatic rings. The third kappa shape index (κ3) is 2.13. The predicted molar refractivity (Wildman–Crippen MR) is 75.8 cm³/mol. The summed E-state index contributed by atoms with van der Waals surface area (Å²) in [7, 11) is -0.0231. The summed E-state index contributed by atoms with van der Waals surface area (Å²) in [5.41, 5.74) is 5.94. The molecule has 1 aromatic rings. The second-order valence-electron chi connectivity index (χ2n) is 4.74. The van der Waals surface area contributed by atoms with Crippen LogP contribution in [0.3, 0.4) is 0 Å². The van der Waals surface area contributed by atoms with Crippen LogP contribution in [0.25, 0.3) is 5.57 Å². The van der Waals surface area contributed by atoms with Crippen molar-refractivity contribution < 1.29 is 0 Å². The molecule has 0 unspecified atom stereocenters. The van der Waals surface area contributed by atoms with E-state index in [0.717, 1.165) is 6.42 Å². The first-order valence-corrected chi connectivity index (χ1v) is 7.97. The lowest BCUT2D eigenvalue weighted by atomic mass is 10.0. The van der Waals surface area contributed by atoms with E-state index in [2.05, 4.69) is 57.5 Å². The summed E-state index contributed by atoms with van der Waals surface area (Å²) < 4.78 is 0. The molecule has 16 heavy (non-hydrogen) atoms. The maximum absolute atomic E-state index is 2.33. The SMILES string of the molecule is CC1=CC(C)=C(c2ccccc2P(C)C)C1. The Bertz CT molecular complexity index is 464. The van der Waals surface area contributed by atoms with Crippen LogP contribution in [0.2, 0.25) is 0 Å². The van der Waals surface area contributed by atoms with Crippen molar-refractivity contribution in [3.8, 4) is 0 Å². The van der Waals surface area contributed by atoms with Gasteiger partial charge in [-0.1, -0.05) is 43.8 Å². The molecule has 0 saturated carbocycles. The zero-order chi connectivity index (χ0) is 11.7. The Labute approximate surface area is 99.8 Å². The highest BCUT2D eigenvalue weighted by atomic mass is 31.1. The van der Waals surface area contributed by atoms with Gasteiger partial charge in [0.1, 0.15) is 0 Å². The minimum atomic E-state index is -0.0231. The highest BCUT2D eigenvalue weighted by Crippen LogP contribution is 2.36. The van der Waals surface area contributed by atoms with Crippen molar-refractivity contribution in [2.75, 3.05) is 13.3 Å². The molecule has 0 saturated heterocycles. The molecular formula is C15H19P. The van der Waals surface area contributed by atoms with Crippen molar-refractivity contribution in [1.29, 1.82) is 0 Å². The minimum absolute atomic E-state index is 0.0231. The van der Waals surface area contributed by atoms with Gasteiger partial charge >= 0.3 is 0 Å². The van der Waals surface area contributed by atoms with E-state index in [0.29, 0.717) is 0 Å². The van der Waals surface area contributed by atoms with Crippen LogP contribution in [0.1, 0.15) is 25.8 Å². The van der Waals surface area contributed by atoms with Gasteiger partial charge in [-0.3, -0.25) is 0 Å². The molecule has 1 aromatic carbocycles. The third-order valence-corrected chi connectivity index (χ3v) is 4.46. The van der Waals surface area contributed by atoms with Crippen LogP contribution in [-0.4, -0.2) is 13.3 Å². The molecule has 0 amide bonds. The van der Waals surface area contributed by atoms with Crippen molar-refractivity contribution in [3.05, 3.63) is 47.1 Å². The Balaban J connectivity index is 2.47. The summed E-state index contributed by atoms with van der Waals surface area (Å²) in [4.78, 5) is 0. The van der Waals surface area contributed by atoms with Crippen LogP contribution in [0.5, 0.6) is 0 Å². The average molecular weight is 230 g/mol. The lowest BCUT2D eigenvalue weighted by Crippen LogP contribution is -2.06. The standard InChI is InChI=1S/C15H19P/c1-11-9-12(2)14(10-11)13-7-5-6-8-15(13)16(3)4/h5-9H,10H2,1-4H3. The molecule has 1 aliphatic carbocycles. The number of rotatable bonds is 2. The lowest BCUT2D eigenvalue weighted by Gasteiger charge is -2.15. The van der Waals surface area contributed by atoms with E-state index in [4.69, 9.17) is 0 Å². The van der Waals surface area contributed by atoms with E-state index in [1.807, 2.05) is 0 Å². The Morgan fingerprint density at radius 1 is 1.06 bits per heavy atom. The molecule has 0 aliphatic heterocycles. The van der Waals surface area contributed by atoms with Crippen LogP contribution in [0.4, 0.5) is 0 Å². The second-order valence-corrected chi connectivity index (χ2v) is 7.01. The molecule has 0 heterocycles. The predicted octanol–water partition coefficient (Wildman–Crippen LogP) is 4.18. The van der Waals surface area contributed by atoms with E-state index in [-0.39, 0.29) is 7.92 Å². The molecule has 0 bridgehead atoms. The van der Waals surface area contributed by atoms with Crippen molar-refractivity contribution in [1.82, 2.24) is 0 Å². The summed E-state index contributed by atoms with van der Waals surface area (Å²) in [6.45, 7) is 9.12. The molecule has 0 radical (unpaired) electrons. The van der Waals surface area contributed by atoms with Gasteiger partial charge in [0.2, 0.25) is 0 Å². The summed E-state index contributed by atoms with van der Waals surface area (Å²) in [5, 5.41) is 1.54. The topological polar surface area (TPSA) is 0 Å². The van der Waals surface area contributed by atoms with E-state index >= 15 is 0 Å². The molecule has 0 fully saturated rings. The zero-order valence-electron chi connectivity index (χ0n) is 10.5. The molecule has 0 nitrogen and oxygen atoms in total. The third-order valence-electron chi connectivity index (χ3n) is 3.11. The number of hydrogen-bond acceptors (Lipinski definition) is 0. The first-order chi connectivity index (χ1) is 7.59. The largest absolute Gasteiger partial charge is 0.0810 e. The van der Waals surface area contributed by atoms with Gasteiger partial charge in [-0.05, 0) is 55.6 Å². The minimum Gasteiger partial charge on any atom is -0.0810 e. The van der Waals surface area contributed by atoms with Gasteiger partial charge < -0.3 is 0 Å². The summed E-state index contributed by atoms with van der Waals surface area (Å²) >= 11 is 0. The van der Waals surface area contributed by atoms with Crippen molar-refractivity contribution in [3.63, 3.8) is 0 Å². The normalized spacial score (nSPS) is 15.9. The molecule has 0 N–H and O–H groups in total. The molecule has 0 atom stereocenters. The second kappa shape index (κ2) is 4.55. The highest BCUT2D eigenvalue weighted by Gasteiger charge is 2.15. The summed E-state index contributed by atoms with van der Waals surface area (Å²) in [6.07, 6.45) is 3.45. The monoisotopic (exact) mass is 230 g/mol. The average Bonchev–Trinajstić information content (AvgIpc) is 2.57. The van der Waals surface area contributed by atoms with Gasteiger partial charge in [-0.25, -0.2) is 0 Å².